The van der Waals surface area contributed by atoms with E-state index in [0.29, 0.717) is 6.04 Å². The molecule has 4 heteroatoms. The van der Waals surface area contributed by atoms with Crippen LogP contribution in [0.4, 0.5) is 5.82 Å². The second-order valence-corrected chi connectivity index (χ2v) is 5.71. The van der Waals surface area contributed by atoms with Crippen molar-refractivity contribution in [1.82, 2.24) is 4.98 Å². The lowest BCUT2D eigenvalue weighted by Crippen LogP contribution is -2.35. The Morgan fingerprint density at radius 2 is 2.22 bits per heavy atom. The molecule has 0 aliphatic carbocycles. The minimum absolute atomic E-state index is 0.168. The molecule has 0 bridgehead atoms. The molecule has 1 aromatic rings. The van der Waals surface area contributed by atoms with E-state index >= 15 is 0 Å². The average Bonchev–Trinajstić information content (AvgIpc) is 2.35. The topological polar surface area (TPSA) is 42.2 Å². The van der Waals surface area contributed by atoms with E-state index in [1.807, 2.05) is 30.9 Å². The summed E-state index contributed by atoms with van der Waals surface area (Å²) in [6.07, 6.45) is 6.02. The predicted octanol–water partition coefficient (Wildman–Crippen LogP) is 2.55. The van der Waals surface area contributed by atoms with Crippen molar-refractivity contribution in [2.24, 2.45) is 5.73 Å². The van der Waals surface area contributed by atoms with Crippen LogP contribution in [0.5, 0.6) is 0 Å². The highest BCUT2D eigenvalue weighted by Crippen LogP contribution is 2.21. The van der Waals surface area contributed by atoms with Gasteiger partial charge in [-0.3, -0.25) is 0 Å². The molecule has 1 aromatic heterocycles. The van der Waals surface area contributed by atoms with Crippen LogP contribution in [0.3, 0.4) is 0 Å². The number of aromatic nitrogens is 1. The van der Waals surface area contributed by atoms with Gasteiger partial charge in [0, 0.05) is 31.1 Å². The largest absolute Gasteiger partial charge is 0.356 e. The molecule has 0 radical (unpaired) electrons. The standard InChI is InChI=1S/C14H25N3S/c1-5-13(10-18-4)17(3)14-12(9-11(2)15)7-6-8-16-14/h6-8,11,13H,5,9-10,15H2,1-4H3. The number of nitrogens with two attached hydrogens (primary N) is 1. The summed E-state index contributed by atoms with van der Waals surface area (Å²) in [5.41, 5.74) is 7.16. The first kappa shape index (κ1) is 15.3. The highest BCUT2D eigenvalue weighted by molar-refractivity contribution is 7.98. The van der Waals surface area contributed by atoms with Crippen LogP contribution in [0.1, 0.15) is 25.8 Å². The molecule has 0 fully saturated rings. The first-order valence-corrected chi connectivity index (χ1v) is 7.90. The van der Waals surface area contributed by atoms with E-state index in [4.69, 9.17) is 5.73 Å². The van der Waals surface area contributed by atoms with Crippen molar-refractivity contribution in [3.63, 3.8) is 0 Å². The van der Waals surface area contributed by atoms with Gasteiger partial charge in [0.15, 0.2) is 0 Å². The fraction of sp³-hybridized carbons (Fsp3) is 0.643. The maximum absolute atomic E-state index is 5.91. The molecule has 2 unspecified atom stereocenters. The molecular weight excluding hydrogens is 242 g/mol. The predicted molar refractivity (Wildman–Crippen MR) is 82.5 cm³/mol. The van der Waals surface area contributed by atoms with Crippen LogP contribution in [0.25, 0.3) is 0 Å². The van der Waals surface area contributed by atoms with Gasteiger partial charge in [0.2, 0.25) is 0 Å². The van der Waals surface area contributed by atoms with Gasteiger partial charge in [0.25, 0.3) is 0 Å². The quantitative estimate of drug-likeness (QED) is 0.824. The molecule has 0 spiro atoms. The molecule has 2 N–H and O–H groups in total. The van der Waals surface area contributed by atoms with Gasteiger partial charge in [0.1, 0.15) is 5.82 Å². The Labute approximate surface area is 115 Å². The Balaban J connectivity index is 2.92. The number of thioether (sulfide) groups is 1. The molecular formula is C14H25N3S. The summed E-state index contributed by atoms with van der Waals surface area (Å²) in [6, 6.07) is 4.82. The van der Waals surface area contributed by atoms with Crippen LogP contribution in [0.15, 0.2) is 18.3 Å². The van der Waals surface area contributed by atoms with Crippen molar-refractivity contribution in [3.05, 3.63) is 23.9 Å². The SMILES string of the molecule is CCC(CSC)N(C)c1ncccc1CC(C)N. The summed E-state index contributed by atoms with van der Waals surface area (Å²) >= 11 is 1.88. The summed E-state index contributed by atoms with van der Waals surface area (Å²) in [4.78, 5) is 6.84. The van der Waals surface area contributed by atoms with Crippen molar-refractivity contribution in [3.8, 4) is 0 Å². The van der Waals surface area contributed by atoms with Crippen molar-refractivity contribution in [2.75, 3.05) is 24.0 Å². The van der Waals surface area contributed by atoms with Gasteiger partial charge in [-0.25, -0.2) is 4.98 Å². The molecule has 0 aliphatic heterocycles. The zero-order valence-corrected chi connectivity index (χ0v) is 12.7. The Kier molecular flexibility index (Phi) is 6.50. The Bertz CT molecular complexity index is 355. The molecule has 0 saturated carbocycles. The molecule has 0 amide bonds. The third-order valence-electron chi connectivity index (χ3n) is 3.12. The van der Waals surface area contributed by atoms with E-state index in [-0.39, 0.29) is 6.04 Å². The van der Waals surface area contributed by atoms with E-state index in [2.05, 4.69) is 36.2 Å². The maximum atomic E-state index is 5.91. The van der Waals surface area contributed by atoms with Crippen molar-refractivity contribution in [1.29, 1.82) is 0 Å². The number of hydrogen-bond donors (Lipinski definition) is 1. The van der Waals surface area contributed by atoms with E-state index in [1.54, 1.807) is 0 Å². The number of anilines is 1. The molecule has 3 nitrogen and oxygen atoms in total. The summed E-state index contributed by atoms with van der Waals surface area (Å²) in [5, 5.41) is 0. The van der Waals surface area contributed by atoms with E-state index in [9.17, 15) is 0 Å². The van der Waals surface area contributed by atoms with Gasteiger partial charge in [-0.05, 0) is 37.7 Å². The summed E-state index contributed by atoms with van der Waals surface area (Å²) in [6.45, 7) is 4.27. The van der Waals surface area contributed by atoms with Gasteiger partial charge in [0.05, 0.1) is 0 Å². The van der Waals surface area contributed by atoms with Crippen molar-refractivity contribution < 1.29 is 0 Å². The lowest BCUT2D eigenvalue weighted by atomic mass is 10.1. The van der Waals surface area contributed by atoms with E-state index < -0.39 is 0 Å². The van der Waals surface area contributed by atoms with Gasteiger partial charge in [-0.1, -0.05) is 13.0 Å². The molecule has 0 aromatic carbocycles. The minimum Gasteiger partial charge on any atom is -0.356 e. The second-order valence-electron chi connectivity index (χ2n) is 4.80. The summed E-state index contributed by atoms with van der Waals surface area (Å²) in [5.74, 6) is 2.21. The number of nitrogens with zero attached hydrogens (tertiary/aromatic N) is 2. The minimum atomic E-state index is 0.168. The normalized spacial score (nSPS) is 14.3. The average molecular weight is 267 g/mol. The molecule has 18 heavy (non-hydrogen) atoms. The number of pyridine rings is 1. The second kappa shape index (κ2) is 7.64. The maximum Gasteiger partial charge on any atom is 0.131 e. The van der Waals surface area contributed by atoms with Gasteiger partial charge in [-0.2, -0.15) is 11.8 Å². The summed E-state index contributed by atoms with van der Waals surface area (Å²) in [7, 11) is 2.14. The third kappa shape index (κ3) is 4.18. The molecule has 1 heterocycles. The highest BCUT2D eigenvalue weighted by Gasteiger charge is 2.17. The Morgan fingerprint density at radius 1 is 1.50 bits per heavy atom. The number of rotatable bonds is 7. The Hall–Kier alpha value is -0.740. The van der Waals surface area contributed by atoms with Crippen LogP contribution in [0, 0.1) is 0 Å². The molecule has 2 atom stereocenters. The first-order chi connectivity index (χ1) is 8.60. The molecule has 102 valence electrons. The van der Waals surface area contributed by atoms with Gasteiger partial charge >= 0.3 is 0 Å². The first-order valence-electron chi connectivity index (χ1n) is 6.51. The van der Waals surface area contributed by atoms with Gasteiger partial charge < -0.3 is 10.6 Å². The number of hydrogen-bond acceptors (Lipinski definition) is 4. The molecule has 1 rings (SSSR count). The van der Waals surface area contributed by atoms with E-state index in [1.165, 1.54) is 5.56 Å². The van der Waals surface area contributed by atoms with Crippen LogP contribution in [-0.4, -0.2) is 36.1 Å². The van der Waals surface area contributed by atoms with E-state index in [0.717, 1.165) is 24.4 Å². The molecule has 0 saturated heterocycles. The lowest BCUT2D eigenvalue weighted by molar-refractivity contribution is 0.656. The fourth-order valence-electron chi connectivity index (χ4n) is 2.12. The van der Waals surface area contributed by atoms with Crippen LogP contribution < -0.4 is 10.6 Å². The molecule has 0 aliphatic rings. The monoisotopic (exact) mass is 267 g/mol. The van der Waals surface area contributed by atoms with Gasteiger partial charge in [-0.15, -0.1) is 0 Å². The zero-order chi connectivity index (χ0) is 13.5. The smallest absolute Gasteiger partial charge is 0.131 e. The van der Waals surface area contributed by atoms with Crippen LogP contribution >= 0.6 is 11.8 Å². The summed E-state index contributed by atoms with van der Waals surface area (Å²) < 4.78 is 0. The van der Waals surface area contributed by atoms with Crippen LogP contribution in [-0.2, 0) is 6.42 Å². The third-order valence-corrected chi connectivity index (χ3v) is 3.84. The zero-order valence-electron chi connectivity index (χ0n) is 11.9. The van der Waals surface area contributed by atoms with Crippen molar-refractivity contribution in [2.45, 2.75) is 38.8 Å². The lowest BCUT2D eigenvalue weighted by Gasteiger charge is -2.29. The Morgan fingerprint density at radius 3 is 2.78 bits per heavy atom. The fourth-order valence-corrected chi connectivity index (χ4v) is 2.97. The van der Waals surface area contributed by atoms with Crippen LogP contribution in [0.2, 0.25) is 0 Å². The van der Waals surface area contributed by atoms with Crippen molar-refractivity contribution >= 4 is 17.6 Å². The highest BCUT2D eigenvalue weighted by atomic mass is 32.2.